The first-order valence-electron chi connectivity index (χ1n) is 10.1. The summed E-state index contributed by atoms with van der Waals surface area (Å²) in [5.41, 5.74) is 7.17. The molecule has 2 heterocycles. The van der Waals surface area contributed by atoms with E-state index in [-0.39, 0.29) is 5.91 Å². The molecule has 0 spiro atoms. The third-order valence-corrected chi connectivity index (χ3v) is 5.67. The topological polar surface area (TPSA) is 75.0 Å². The van der Waals surface area contributed by atoms with Crippen LogP contribution >= 0.6 is 0 Å². The van der Waals surface area contributed by atoms with Crippen molar-refractivity contribution in [3.05, 3.63) is 70.0 Å². The highest BCUT2D eigenvalue weighted by atomic mass is 16.5. The van der Waals surface area contributed by atoms with Gasteiger partial charge in [0.25, 0.3) is 11.8 Å². The van der Waals surface area contributed by atoms with E-state index in [0.717, 1.165) is 27.7 Å². The van der Waals surface area contributed by atoms with Gasteiger partial charge in [0, 0.05) is 36.5 Å². The number of nitrogens with zero attached hydrogens (tertiary/aromatic N) is 3. The number of aromatic nitrogens is 3. The van der Waals surface area contributed by atoms with Crippen LogP contribution in [0, 0.1) is 27.7 Å². The molecule has 0 aliphatic heterocycles. The molecule has 0 unspecified atom stereocenters. The lowest BCUT2D eigenvalue weighted by Gasteiger charge is -2.16. The zero-order chi connectivity index (χ0) is 21.4. The van der Waals surface area contributed by atoms with Gasteiger partial charge in [-0.1, -0.05) is 22.9 Å². The van der Waals surface area contributed by atoms with Crippen LogP contribution in [0.5, 0.6) is 0 Å². The minimum atomic E-state index is -0.0105. The molecule has 6 nitrogen and oxygen atoms in total. The molecule has 2 aromatic heterocycles. The first kappa shape index (κ1) is 19.9. The van der Waals surface area contributed by atoms with Crippen molar-refractivity contribution in [3.63, 3.8) is 0 Å². The highest BCUT2D eigenvalue weighted by Gasteiger charge is 2.17. The van der Waals surface area contributed by atoms with Gasteiger partial charge in [0.15, 0.2) is 5.82 Å². The standard InChI is InChI=1S/C24H26N4O2/c1-14-6-9-20-19(12-14)17(4)22(25-20)23-26-21(27-30-23)10-11-28(5)24(29)18-8-7-15(2)16(3)13-18/h6-9,12-13,25H,10-11H2,1-5H3. The van der Waals surface area contributed by atoms with Gasteiger partial charge in [-0.25, -0.2) is 0 Å². The minimum Gasteiger partial charge on any atom is -0.350 e. The van der Waals surface area contributed by atoms with Crippen molar-refractivity contribution < 1.29 is 9.32 Å². The quantitative estimate of drug-likeness (QED) is 0.522. The molecule has 154 valence electrons. The molecule has 0 atom stereocenters. The van der Waals surface area contributed by atoms with Gasteiger partial charge in [-0.15, -0.1) is 0 Å². The Kier molecular flexibility index (Phi) is 5.16. The number of benzene rings is 2. The average Bonchev–Trinajstić information content (AvgIpc) is 3.32. The van der Waals surface area contributed by atoms with Crippen LogP contribution in [0.4, 0.5) is 0 Å². The molecule has 30 heavy (non-hydrogen) atoms. The van der Waals surface area contributed by atoms with Crippen LogP contribution in [-0.4, -0.2) is 39.5 Å². The smallest absolute Gasteiger partial charge is 0.274 e. The van der Waals surface area contributed by atoms with Crippen molar-refractivity contribution in [2.24, 2.45) is 0 Å². The fourth-order valence-corrected chi connectivity index (χ4v) is 3.58. The van der Waals surface area contributed by atoms with Gasteiger partial charge in [0.2, 0.25) is 0 Å². The SMILES string of the molecule is Cc1ccc2[nH]c(-c3nc(CCN(C)C(=O)c4ccc(C)c(C)c4)no3)c(C)c2c1. The molecule has 0 aliphatic carbocycles. The van der Waals surface area contributed by atoms with Crippen LogP contribution in [0.25, 0.3) is 22.5 Å². The van der Waals surface area contributed by atoms with Crippen LogP contribution in [0.15, 0.2) is 40.9 Å². The molecular formula is C24H26N4O2. The molecular weight excluding hydrogens is 376 g/mol. The van der Waals surface area contributed by atoms with Crippen LogP contribution in [0.3, 0.4) is 0 Å². The lowest BCUT2D eigenvalue weighted by molar-refractivity contribution is 0.0795. The Morgan fingerprint density at radius 1 is 1.07 bits per heavy atom. The van der Waals surface area contributed by atoms with Crippen LogP contribution in [0.2, 0.25) is 0 Å². The maximum absolute atomic E-state index is 12.7. The predicted octanol–water partition coefficient (Wildman–Crippen LogP) is 4.77. The molecule has 0 bridgehead atoms. The van der Waals surface area contributed by atoms with Crippen LogP contribution in [-0.2, 0) is 6.42 Å². The lowest BCUT2D eigenvalue weighted by atomic mass is 10.1. The van der Waals surface area contributed by atoms with Gasteiger partial charge < -0.3 is 14.4 Å². The van der Waals surface area contributed by atoms with Gasteiger partial charge in [-0.05, 0) is 68.7 Å². The van der Waals surface area contributed by atoms with Crippen molar-refractivity contribution in [2.75, 3.05) is 13.6 Å². The molecule has 4 rings (SSSR count). The molecule has 0 fully saturated rings. The normalized spacial score (nSPS) is 11.2. The summed E-state index contributed by atoms with van der Waals surface area (Å²) in [7, 11) is 1.79. The summed E-state index contributed by atoms with van der Waals surface area (Å²) in [6.07, 6.45) is 0.523. The summed E-state index contributed by atoms with van der Waals surface area (Å²) in [6.45, 7) is 8.69. The van der Waals surface area contributed by atoms with Crippen molar-refractivity contribution in [3.8, 4) is 11.6 Å². The van der Waals surface area contributed by atoms with E-state index in [1.54, 1.807) is 11.9 Å². The van der Waals surface area contributed by atoms with Gasteiger partial charge in [-0.3, -0.25) is 4.79 Å². The number of aryl methyl sites for hydroxylation is 4. The van der Waals surface area contributed by atoms with Crippen molar-refractivity contribution >= 4 is 16.8 Å². The highest BCUT2D eigenvalue weighted by molar-refractivity contribution is 5.94. The van der Waals surface area contributed by atoms with Crippen molar-refractivity contribution in [1.82, 2.24) is 20.0 Å². The summed E-state index contributed by atoms with van der Waals surface area (Å²) >= 11 is 0. The van der Waals surface area contributed by atoms with Gasteiger partial charge in [-0.2, -0.15) is 4.98 Å². The first-order valence-corrected chi connectivity index (χ1v) is 10.1. The number of carbonyl (C=O) groups excluding carboxylic acids is 1. The van der Waals surface area contributed by atoms with E-state index in [1.165, 1.54) is 11.1 Å². The number of likely N-dealkylation sites (N-methyl/N-ethyl adjacent to an activating group) is 1. The number of amides is 1. The molecule has 6 heteroatoms. The van der Waals surface area contributed by atoms with Gasteiger partial charge in [0.05, 0.1) is 0 Å². The monoisotopic (exact) mass is 402 g/mol. The van der Waals surface area contributed by atoms with Crippen LogP contribution < -0.4 is 0 Å². The summed E-state index contributed by atoms with van der Waals surface area (Å²) in [6, 6.07) is 12.1. The maximum atomic E-state index is 12.7. The fourth-order valence-electron chi connectivity index (χ4n) is 3.58. The summed E-state index contributed by atoms with van der Waals surface area (Å²) < 4.78 is 5.50. The molecule has 0 saturated heterocycles. The third-order valence-electron chi connectivity index (χ3n) is 5.67. The van der Waals surface area contributed by atoms with E-state index in [9.17, 15) is 4.79 Å². The number of hydrogen-bond acceptors (Lipinski definition) is 4. The number of hydrogen-bond donors (Lipinski definition) is 1. The van der Waals surface area contributed by atoms with E-state index in [1.807, 2.05) is 39.0 Å². The lowest BCUT2D eigenvalue weighted by Crippen LogP contribution is -2.29. The highest BCUT2D eigenvalue weighted by Crippen LogP contribution is 2.29. The Bertz CT molecular complexity index is 1240. The Morgan fingerprint density at radius 3 is 2.63 bits per heavy atom. The number of rotatable bonds is 5. The number of fused-ring (bicyclic) bond motifs is 1. The Hall–Kier alpha value is -3.41. The van der Waals surface area contributed by atoms with Gasteiger partial charge in [0.1, 0.15) is 5.69 Å². The van der Waals surface area contributed by atoms with E-state index in [2.05, 4.69) is 40.2 Å². The van der Waals surface area contributed by atoms with E-state index in [4.69, 9.17) is 4.52 Å². The Labute approximate surface area is 175 Å². The fraction of sp³-hybridized carbons (Fsp3) is 0.292. The molecule has 0 saturated carbocycles. The van der Waals surface area contributed by atoms with E-state index >= 15 is 0 Å². The maximum Gasteiger partial charge on any atom is 0.274 e. The Balaban J connectivity index is 1.46. The molecule has 1 amide bonds. The second-order valence-electron chi connectivity index (χ2n) is 7.97. The summed E-state index contributed by atoms with van der Waals surface area (Å²) in [5, 5.41) is 5.26. The minimum absolute atomic E-state index is 0.0105. The second kappa shape index (κ2) is 7.78. The summed E-state index contributed by atoms with van der Waals surface area (Å²) in [4.78, 5) is 22.3. The molecule has 4 aromatic rings. The van der Waals surface area contributed by atoms with E-state index < -0.39 is 0 Å². The average molecular weight is 402 g/mol. The number of aromatic amines is 1. The molecule has 2 aromatic carbocycles. The number of carbonyl (C=O) groups is 1. The first-order chi connectivity index (χ1) is 14.3. The van der Waals surface area contributed by atoms with Gasteiger partial charge >= 0.3 is 0 Å². The van der Waals surface area contributed by atoms with Crippen LogP contribution in [0.1, 0.15) is 38.4 Å². The van der Waals surface area contributed by atoms with Crippen molar-refractivity contribution in [2.45, 2.75) is 34.1 Å². The Morgan fingerprint density at radius 2 is 1.87 bits per heavy atom. The molecule has 0 radical (unpaired) electrons. The zero-order valence-electron chi connectivity index (χ0n) is 18.0. The second-order valence-corrected chi connectivity index (χ2v) is 7.97. The number of H-pyrrole nitrogens is 1. The van der Waals surface area contributed by atoms with E-state index in [0.29, 0.717) is 30.2 Å². The molecule has 1 N–H and O–H groups in total. The summed E-state index contributed by atoms with van der Waals surface area (Å²) in [5.74, 6) is 1.04. The van der Waals surface area contributed by atoms with Crippen molar-refractivity contribution in [1.29, 1.82) is 0 Å². The number of nitrogens with one attached hydrogen (secondary N) is 1. The third kappa shape index (κ3) is 3.73. The zero-order valence-corrected chi connectivity index (χ0v) is 18.0. The largest absolute Gasteiger partial charge is 0.350 e. The molecule has 0 aliphatic rings. The predicted molar refractivity (Wildman–Crippen MR) is 118 cm³/mol.